The van der Waals surface area contributed by atoms with Crippen molar-refractivity contribution in [2.45, 2.75) is 39.5 Å². The number of hydrogen-bond donors (Lipinski definition) is 1. The van der Waals surface area contributed by atoms with Gasteiger partial charge in [0.25, 0.3) is 11.6 Å². The van der Waals surface area contributed by atoms with Crippen LogP contribution in [-0.2, 0) is 0 Å². The van der Waals surface area contributed by atoms with Gasteiger partial charge in [-0.15, -0.1) is 0 Å². The lowest BCUT2D eigenvalue weighted by atomic mass is 10.1. The molecule has 0 aliphatic rings. The first-order valence-corrected chi connectivity index (χ1v) is 6.59. The van der Waals surface area contributed by atoms with Crippen molar-refractivity contribution in [1.29, 1.82) is 0 Å². The maximum atomic E-state index is 11.8. The van der Waals surface area contributed by atoms with E-state index in [1.807, 2.05) is 0 Å². The number of nitro benzene ring substituents is 1. The van der Waals surface area contributed by atoms with E-state index in [0.717, 1.165) is 25.7 Å². The summed E-state index contributed by atoms with van der Waals surface area (Å²) >= 11 is 0. The number of benzene rings is 1. The third-order valence-electron chi connectivity index (χ3n) is 2.98. The summed E-state index contributed by atoms with van der Waals surface area (Å²) in [5.74, 6) is -0.250. The topological polar surface area (TPSA) is 72.2 Å². The molecule has 0 aliphatic heterocycles. The average Bonchev–Trinajstić information content (AvgIpc) is 2.38. The minimum Gasteiger partial charge on any atom is -0.352 e. The molecule has 1 rings (SSSR count). The Kier molecular flexibility index (Phi) is 5.99. The van der Waals surface area contributed by atoms with Crippen molar-refractivity contribution in [3.05, 3.63) is 39.4 Å². The molecular formula is C14H20N2O3. The molecule has 104 valence electrons. The van der Waals surface area contributed by atoms with Crippen LogP contribution < -0.4 is 5.32 Å². The predicted octanol–water partition coefficient (Wildman–Crippen LogP) is 3.21. The Morgan fingerprint density at radius 1 is 1.32 bits per heavy atom. The summed E-state index contributed by atoms with van der Waals surface area (Å²) in [5.41, 5.74) is 0.885. The highest BCUT2D eigenvalue weighted by Gasteiger charge is 2.14. The van der Waals surface area contributed by atoms with Gasteiger partial charge >= 0.3 is 0 Å². The molecule has 0 saturated carbocycles. The van der Waals surface area contributed by atoms with Gasteiger partial charge in [0.2, 0.25) is 0 Å². The largest absolute Gasteiger partial charge is 0.352 e. The Hall–Kier alpha value is -1.91. The molecule has 0 aromatic heterocycles. The number of unbranched alkanes of at least 4 members (excludes halogenated alkanes) is 3. The molecule has 0 fully saturated rings. The van der Waals surface area contributed by atoms with Gasteiger partial charge in [-0.3, -0.25) is 14.9 Å². The number of carbonyl (C=O) groups is 1. The minimum absolute atomic E-state index is 0.0152. The fourth-order valence-electron chi connectivity index (χ4n) is 1.80. The number of nitro groups is 1. The van der Waals surface area contributed by atoms with Crippen molar-refractivity contribution < 1.29 is 9.72 Å². The van der Waals surface area contributed by atoms with Crippen molar-refractivity contribution in [2.75, 3.05) is 6.54 Å². The molecule has 0 radical (unpaired) electrons. The molecule has 1 aromatic carbocycles. The Labute approximate surface area is 113 Å². The van der Waals surface area contributed by atoms with Gasteiger partial charge in [0.05, 0.1) is 4.92 Å². The molecule has 0 atom stereocenters. The minimum atomic E-state index is -0.465. The van der Waals surface area contributed by atoms with Crippen LogP contribution in [0.1, 0.15) is 48.5 Å². The van der Waals surface area contributed by atoms with E-state index in [1.165, 1.54) is 6.07 Å². The Balaban J connectivity index is 2.57. The molecule has 1 N–H and O–H groups in total. The first-order valence-electron chi connectivity index (χ1n) is 6.59. The average molecular weight is 264 g/mol. The molecule has 0 spiro atoms. The molecular weight excluding hydrogens is 244 g/mol. The zero-order chi connectivity index (χ0) is 14.3. The van der Waals surface area contributed by atoms with Gasteiger partial charge in [0.15, 0.2) is 0 Å². The highest BCUT2D eigenvalue weighted by atomic mass is 16.6. The van der Waals surface area contributed by atoms with Crippen molar-refractivity contribution in [3.63, 3.8) is 0 Å². The van der Waals surface area contributed by atoms with E-state index in [0.29, 0.717) is 17.7 Å². The summed E-state index contributed by atoms with van der Waals surface area (Å²) in [7, 11) is 0. The second-order valence-electron chi connectivity index (χ2n) is 4.57. The zero-order valence-corrected chi connectivity index (χ0v) is 11.4. The second-order valence-corrected chi connectivity index (χ2v) is 4.57. The molecule has 1 amide bonds. The number of amides is 1. The first-order chi connectivity index (χ1) is 9.06. The van der Waals surface area contributed by atoms with Gasteiger partial charge in [0.1, 0.15) is 0 Å². The third kappa shape index (κ3) is 4.69. The number of carbonyl (C=O) groups excluding carboxylic acids is 1. The van der Waals surface area contributed by atoms with Crippen LogP contribution in [0.3, 0.4) is 0 Å². The third-order valence-corrected chi connectivity index (χ3v) is 2.98. The van der Waals surface area contributed by atoms with Crippen molar-refractivity contribution >= 4 is 11.6 Å². The highest BCUT2D eigenvalue weighted by Crippen LogP contribution is 2.19. The summed E-state index contributed by atoms with van der Waals surface area (Å²) in [4.78, 5) is 22.2. The van der Waals surface area contributed by atoms with Crippen LogP contribution in [0.2, 0.25) is 0 Å². The summed E-state index contributed by atoms with van der Waals surface area (Å²) in [6.45, 7) is 4.40. The van der Waals surface area contributed by atoms with Crippen LogP contribution in [-0.4, -0.2) is 17.4 Å². The van der Waals surface area contributed by atoms with Gasteiger partial charge in [-0.25, -0.2) is 0 Å². The smallest absolute Gasteiger partial charge is 0.273 e. The molecule has 5 nitrogen and oxygen atoms in total. The first kappa shape index (κ1) is 15.1. The van der Waals surface area contributed by atoms with E-state index >= 15 is 0 Å². The van der Waals surface area contributed by atoms with Crippen molar-refractivity contribution in [2.24, 2.45) is 0 Å². The van der Waals surface area contributed by atoms with E-state index in [2.05, 4.69) is 12.2 Å². The number of nitrogens with zero attached hydrogens (tertiary/aromatic N) is 1. The Morgan fingerprint density at radius 3 is 2.68 bits per heavy atom. The fourth-order valence-corrected chi connectivity index (χ4v) is 1.80. The van der Waals surface area contributed by atoms with Crippen LogP contribution >= 0.6 is 0 Å². The number of aryl methyl sites for hydroxylation is 1. The van der Waals surface area contributed by atoms with Crippen LogP contribution in [0.4, 0.5) is 5.69 Å². The lowest BCUT2D eigenvalue weighted by Gasteiger charge is -2.05. The van der Waals surface area contributed by atoms with Crippen LogP contribution in [0, 0.1) is 17.0 Å². The van der Waals surface area contributed by atoms with Crippen LogP contribution in [0.25, 0.3) is 0 Å². The SMILES string of the molecule is CCCCCCNC(=O)c1ccc(C)c([N+](=O)[O-])c1. The van der Waals surface area contributed by atoms with Gasteiger partial charge in [-0.2, -0.15) is 0 Å². The Bertz CT molecular complexity index is 458. The summed E-state index contributed by atoms with van der Waals surface area (Å²) in [6.07, 6.45) is 4.34. The zero-order valence-electron chi connectivity index (χ0n) is 11.4. The fraction of sp³-hybridized carbons (Fsp3) is 0.500. The summed E-state index contributed by atoms with van der Waals surface area (Å²) in [6, 6.07) is 4.55. The van der Waals surface area contributed by atoms with E-state index in [4.69, 9.17) is 0 Å². The second kappa shape index (κ2) is 7.51. The van der Waals surface area contributed by atoms with Gasteiger partial charge in [0, 0.05) is 23.7 Å². The van der Waals surface area contributed by atoms with Crippen LogP contribution in [0.15, 0.2) is 18.2 Å². The monoisotopic (exact) mass is 264 g/mol. The number of nitrogens with one attached hydrogen (secondary N) is 1. The normalized spacial score (nSPS) is 10.2. The van der Waals surface area contributed by atoms with Gasteiger partial charge < -0.3 is 5.32 Å². The molecule has 0 unspecified atom stereocenters. The van der Waals surface area contributed by atoms with E-state index < -0.39 is 4.92 Å². The number of rotatable bonds is 7. The van der Waals surface area contributed by atoms with E-state index in [1.54, 1.807) is 19.1 Å². The van der Waals surface area contributed by atoms with Crippen molar-refractivity contribution in [1.82, 2.24) is 5.32 Å². The van der Waals surface area contributed by atoms with Gasteiger partial charge in [-0.05, 0) is 19.4 Å². The molecule has 5 heteroatoms. The molecule has 19 heavy (non-hydrogen) atoms. The highest BCUT2D eigenvalue weighted by molar-refractivity contribution is 5.94. The predicted molar refractivity (Wildman–Crippen MR) is 74.3 cm³/mol. The maximum absolute atomic E-state index is 11.8. The van der Waals surface area contributed by atoms with Crippen LogP contribution in [0.5, 0.6) is 0 Å². The molecule has 0 bridgehead atoms. The molecule has 0 heterocycles. The maximum Gasteiger partial charge on any atom is 0.273 e. The Morgan fingerprint density at radius 2 is 2.05 bits per heavy atom. The molecule has 0 saturated heterocycles. The summed E-state index contributed by atoms with van der Waals surface area (Å²) in [5, 5.41) is 13.6. The molecule has 1 aromatic rings. The summed E-state index contributed by atoms with van der Waals surface area (Å²) < 4.78 is 0. The quantitative estimate of drug-likeness (QED) is 0.467. The molecule has 0 aliphatic carbocycles. The van der Waals surface area contributed by atoms with E-state index in [9.17, 15) is 14.9 Å². The lowest BCUT2D eigenvalue weighted by molar-refractivity contribution is -0.385. The lowest BCUT2D eigenvalue weighted by Crippen LogP contribution is -2.24. The standard InChI is InChI=1S/C14H20N2O3/c1-3-4-5-6-9-15-14(17)12-8-7-11(2)13(10-12)16(18)19/h7-8,10H,3-6,9H2,1-2H3,(H,15,17). The van der Waals surface area contributed by atoms with Crippen molar-refractivity contribution in [3.8, 4) is 0 Å². The van der Waals surface area contributed by atoms with Gasteiger partial charge in [-0.1, -0.05) is 32.3 Å². The number of hydrogen-bond acceptors (Lipinski definition) is 3. The van der Waals surface area contributed by atoms with E-state index in [-0.39, 0.29) is 11.6 Å².